The lowest BCUT2D eigenvalue weighted by Gasteiger charge is -2.29. The minimum absolute atomic E-state index is 0.197. The van der Waals surface area contributed by atoms with Crippen LogP contribution in [0.3, 0.4) is 0 Å². The molecule has 0 radical (unpaired) electrons. The molecule has 1 fully saturated rings. The monoisotopic (exact) mass is 456 g/mol. The van der Waals surface area contributed by atoms with Gasteiger partial charge in [0.05, 0.1) is 17.4 Å². The van der Waals surface area contributed by atoms with Gasteiger partial charge in [-0.05, 0) is 59.9 Å². The summed E-state index contributed by atoms with van der Waals surface area (Å²) in [6, 6.07) is 12.2. The van der Waals surface area contributed by atoms with Crippen LogP contribution in [-0.2, 0) is 16.1 Å². The normalized spacial score (nSPS) is 17.8. The maximum Gasteiger partial charge on any atom is 0.255 e. The van der Waals surface area contributed by atoms with Crippen LogP contribution < -0.4 is 10.6 Å². The van der Waals surface area contributed by atoms with E-state index < -0.39 is 11.9 Å². The molecule has 1 saturated heterocycles. The van der Waals surface area contributed by atoms with Crippen LogP contribution >= 0.6 is 0 Å². The SMILES string of the molecule is CC(C)c1ccc2ncc(NC(=O)c3ccc4c(c3)CN(C3CCC(=O)NC3=O)C4=O)cc2c1. The van der Waals surface area contributed by atoms with Crippen molar-refractivity contribution < 1.29 is 19.2 Å². The number of piperidine rings is 1. The Morgan fingerprint density at radius 1 is 1.12 bits per heavy atom. The summed E-state index contributed by atoms with van der Waals surface area (Å²) in [5.74, 6) is -0.976. The number of carbonyl (C=O) groups is 4. The zero-order valence-corrected chi connectivity index (χ0v) is 18.9. The van der Waals surface area contributed by atoms with Crippen LogP contribution in [0, 0.1) is 0 Å². The fourth-order valence-electron chi connectivity index (χ4n) is 4.50. The maximum absolute atomic E-state index is 12.9. The summed E-state index contributed by atoms with van der Waals surface area (Å²) in [4.78, 5) is 55.4. The van der Waals surface area contributed by atoms with E-state index in [1.54, 1.807) is 24.4 Å². The molecule has 34 heavy (non-hydrogen) atoms. The number of hydrogen-bond acceptors (Lipinski definition) is 5. The van der Waals surface area contributed by atoms with Crippen LogP contribution in [0.4, 0.5) is 5.69 Å². The average Bonchev–Trinajstić information content (AvgIpc) is 3.14. The van der Waals surface area contributed by atoms with Crippen LogP contribution in [0.2, 0.25) is 0 Å². The van der Waals surface area contributed by atoms with E-state index in [-0.39, 0.29) is 30.7 Å². The predicted molar refractivity (Wildman–Crippen MR) is 126 cm³/mol. The van der Waals surface area contributed by atoms with Gasteiger partial charge >= 0.3 is 0 Å². The van der Waals surface area contributed by atoms with Crippen molar-refractivity contribution in [2.24, 2.45) is 0 Å². The number of nitrogens with zero attached hydrogens (tertiary/aromatic N) is 2. The van der Waals surface area contributed by atoms with Gasteiger partial charge < -0.3 is 10.2 Å². The summed E-state index contributed by atoms with van der Waals surface area (Å²) in [5, 5.41) is 6.12. The Kier molecular flexibility index (Phi) is 5.36. The summed E-state index contributed by atoms with van der Waals surface area (Å²) in [6.45, 7) is 4.47. The van der Waals surface area contributed by atoms with Crippen molar-refractivity contribution in [2.45, 2.75) is 45.2 Å². The highest BCUT2D eigenvalue weighted by atomic mass is 16.2. The first kappa shape index (κ1) is 21.8. The summed E-state index contributed by atoms with van der Waals surface area (Å²) in [5.41, 5.74) is 4.19. The van der Waals surface area contributed by atoms with Crippen molar-refractivity contribution in [3.05, 3.63) is 70.9 Å². The van der Waals surface area contributed by atoms with Crippen molar-refractivity contribution in [2.75, 3.05) is 5.32 Å². The van der Waals surface area contributed by atoms with Crippen LogP contribution in [0.15, 0.2) is 48.7 Å². The molecule has 1 atom stereocenters. The Bertz CT molecular complexity index is 1360. The van der Waals surface area contributed by atoms with Crippen molar-refractivity contribution in [1.29, 1.82) is 0 Å². The highest BCUT2D eigenvalue weighted by Gasteiger charge is 2.39. The molecule has 2 aliphatic heterocycles. The number of benzene rings is 2. The van der Waals surface area contributed by atoms with Crippen LogP contribution in [-0.4, -0.2) is 39.6 Å². The Morgan fingerprint density at radius 2 is 1.94 bits per heavy atom. The Balaban J connectivity index is 1.34. The average molecular weight is 457 g/mol. The first-order valence-electron chi connectivity index (χ1n) is 11.3. The van der Waals surface area contributed by atoms with E-state index >= 15 is 0 Å². The van der Waals surface area contributed by atoms with Crippen LogP contribution in [0.25, 0.3) is 10.9 Å². The molecule has 3 aromatic rings. The van der Waals surface area contributed by atoms with Crippen LogP contribution in [0.5, 0.6) is 0 Å². The molecule has 1 aromatic heterocycles. The highest BCUT2D eigenvalue weighted by Crippen LogP contribution is 2.29. The Morgan fingerprint density at radius 3 is 2.71 bits per heavy atom. The molecule has 2 aromatic carbocycles. The summed E-state index contributed by atoms with van der Waals surface area (Å²) >= 11 is 0. The first-order valence-corrected chi connectivity index (χ1v) is 11.3. The first-order chi connectivity index (χ1) is 16.3. The summed E-state index contributed by atoms with van der Waals surface area (Å²) in [6.07, 6.45) is 2.12. The largest absolute Gasteiger partial charge is 0.322 e. The van der Waals surface area contributed by atoms with E-state index in [4.69, 9.17) is 0 Å². The molecule has 4 amide bonds. The van der Waals surface area contributed by atoms with E-state index in [0.29, 0.717) is 34.7 Å². The standard InChI is InChI=1S/C26H24N4O4/c1-14(2)15-4-6-21-17(9-15)11-19(12-27-21)28-24(32)16-3-5-20-18(10-16)13-30(26(20)34)22-7-8-23(31)29-25(22)33/h3-6,9-12,14,22H,7-8,13H2,1-2H3,(H,28,32)(H,29,31,33). The lowest BCUT2D eigenvalue weighted by Crippen LogP contribution is -2.52. The Labute approximate surface area is 196 Å². The van der Waals surface area contributed by atoms with Gasteiger partial charge in [-0.15, -0.1) is 0 Å². The second kappa shape index (κ2) is 8.37. The number of rotatable bonds is 4. The molecule has 0 saturated carbocycles. The quantitative estimate of drug-likeness (QED) is 0.585. The van der Waals surface area contributed by atoms with E-state index in [1.807, 2.05) is 12.1 Å². The van der Waals surface area contributed by atoms with E-state index in [0.717, 1.165) is 10.9 Å². The number of imide groups is 1. The molecule has 8 heteroatoms. The topological polar surface area (TPSA) is 108 Å². The summed E-state index contributed by atoms with van der Waals surface area (Å²) < 4.78 is 0. The van der Waals surface area contributed by atoms with Crippen LogP contribution in [0.1, 0.15) is 64.4 Å². The zero-order valence-electron chi connectivity index (χ0n) is 18.9. The van der Waals surface area contributed by atoms with Gasteiger partial charge in [-0.25, -0.2) is 0 Å². The molecule has 172 valence electrons. The van der Waals surface area contributed by atoms with Crippen molar-refractivity contribution in [3.8, 4) is 0 Å². The van der Waals surface area contributed by atoms with Crippen molar-refractivity contribution in [1.82, 2.24) is 15.2 Å². The number of fused-ring (bicyclic) bond motifs is 2. The van der Waals surface area contributed by atoms with Gasteiger partial charge in [0.1, 0.15) is 6.04 Å². The molecule has 1 unspecified atom stereocenters. The number of anilines is 1. The molecule has 3 heterocycles. The third-order valence-corrected chi connectivity index (χ3v) is 6.42. The second-order valence-corrected chi connectivity index (χ2v) is 9.06. The number of hydrogen-bond donors (Lipinski definition) is 2. The fraction of sp³-hybridized carbons (Fsp3) is 0.269. The molecule has 8 nitrogen and oxygen atoms in total. The van der Waals surface area contributed by atoms with Gasteiger partial charge in [-0.2, -0.15) is 0 Å². The maximum atomic E-state index is 12.9. The minimum atomic E-state index is -0.686. The Hall–Kier alpha value is -4.07. The lowest BCUT2D eigenvalue weighted by molar-refractivity contribution is -0.136. The summed E-state index contributed by atoms with van der Waals surface area (Å²) in [7, 11) is 0. The number of amides is 4. The van der Waals surface area contributed by atoms with Gasteiger partial charge in [0.15, 0.2) is 0 Å². The van der Waals surface area contributed by atoms with E-state index in [9.17, 15) is 19.2 Å². The highest BCUT2D eigenvalue weighted by molar-refractivity contribution is 6.08. The van der Waals surface area contributed by atoms with Gasteiger partial charge in [0.25, 0.3) is 11.8 Å². The van der Waals surface area contributed by atoms with E-state index in [1.165, 1.54) is 10.5 Å². The third kappa shape index (κ3) is 3.91. The number of carbonyl (C=O) groups excluding carboxylic acids is 4. The molecule has 0 bridgehead atoms. The second-order valence-electron chi connectivity index (χ2n) is 9.06. The lowest BCUT2D eigenvalue weighted by atomic mass is 10.0. The molecule has 0 spiro atoms. The van der Waals surface area contributed by atoms with E-state index in [2.05, 4.69) is 41.6 Å². The molecule has 5 rings (SSSR count). The molecular formula is C26H24N4O4. The van der Waals surface area contributed by atoms with Crippen molar-refractivity contribution in [3.63, 3.8) is 0 Å². The smallest absolute Gasteiger partial charge is 0.255 e. The predicted octanol–water partition coefficient (Wildman–Crippen LogP) is 3.37. The third-order valence-electron chi connectivity index (χ3n) is 6.42. The van der Waals surface area contributed by atoms with Gasteiger partial charge in [-0.3, -0.25) is 29.5 Å². The number of nitrogens with one attached hydrogen (secondary N) is 2. The van der Waals surface area contributed by atoms with Gasteiger partial charge in [-0.1, -0.05) is 19.9 Å². The van der Waals surface area contributed by atoms with Crippen molar-refractivity contribution >= 4 is 40.2 Å². The molecule has 2 aliphatic rings. The number of pyridine rings is 1. The fourth-order valence-corrected chi connectivity index (χ4v) is 4.50. The molecule has 2 N–H and O–H groups in total. The molecular weight excluding hydrogens is 432 g/mol. The van der Waals surface area contributed by atoms with Gasteiger partial charge in [0.2, 0.25) is 11.8 Å². The minimum Gasteiger partial charge on any atom is -0.322 e. The zero-order chi connectivity index (χ0) is 24.0. The number of aromatic nitrogens is 1. The van der Waals surface area contributed by atoms with Gasteiger partial charge in [0, 0.05) is 29.5 Å². The molecule has 0 aliphatic carbocycles.